The van der Waals surface area contributed by atoms with Crippen molar-refractivity contribution in [3.05, 3.63) is 69.1 Å². The van der Waals surface area contributed by atoms with Gasteiger partial charge in [0.2, 0.25) is 0 Å². The Morgan fingerprint density at radius 1 is 1.10 bits per heavy atom. The lowest BCUT2D eigenvalue weighted by molar-refractivity contribution is 0.430. The molecule has 172 valence electrons. The van der Waals surface area contributed by atoms with Crippen LogP contribution in [0, 0.1) is 6.92 Å². The van der Waals surface area contributed by atoms with Crippen molar-refractivity contribution in [1.29, 1.82) is 0 Å². The second-order valence-electron chi connectivity index (χ2n) is 5.27. The van der Waals surface area contributed by atoms with Crippen molar-refractivity contribution in [3.63, 3.8) is 0 Å². The summed E-state index contributed by atoms with van der Waals surface area (Å²) in [6.45, 7) is 1.72. The van der Waals surface area contributed by atoms with E-state index in [-0.39, 0.29) is 10.1 Å². The van der Waals surface area contributed by atoms with E-state index < -0.39 is 10.0 Å². The van der Waals surface area contributed by atoms with E-state index in [2.05, 4.69) is 43.0 Å². The summed E-state index contributed by atoms with van der Waals surface area (Å²) in [6, 6.07) is 11.7. The lowest BCUT2D eigenvalue weighted by Gasteiger charge is -2.05. The number of aryl methyl sites for hydroxylation is 1. The van der Waals surface area contributed by atoms with Gasteiger partial charge in [0.15, 0.2) is 0 Å². The van der Waals surface area contributed by atoms with Crippen molar-refractivity contribution in [2.45, 2.75) is 17.6 Å². The number of nitrogens with one attached hydrogen (secondary N) is 1. The fourth-order valence-corrected chi connectivity index (χ4v) is 4.99. The molecule has 11 heteroatoms. The molecule has 8 nitrogen and oxygen atoms in total. The van der Waals surface area contributed by atoms with Crippen LogP contribution in [0.25, 0.3) is 6.08 Å². The second kappa shape index (κ2) is 15.7. The molecule has 0 amide bonds. The van der Waals surface area contributed by atoms with Crippen LogP contribution in [0.3, 0.4) is 0 Å². The molecular formula is C20H30BrN5O3S2. The van der Waals surface area contributed by atoms with E-state index in [0.29, 0.717) is 16.6 Å². The first kappa shape index (κ1) is 29.0. The van der Waals surface area contributed by atoms with Crippen LogP contribution in [0.5, 0.6) is 0 Å². The number of sulfonamides is 1. The lowest BCUT2D eigenvalue weighted by atomic mass is 10.1. The Bertz CT molecular complexity index is 1000. The largest absolute Gasteiger partial charge is 0.336 e. The summed E-state index contributed by atoms with van der Waals surface area (Å²) in [5, 5.41) is 5.50. The highest BCUT2D eigenvalue weighted by Crippen LogP contribution is 2.30. The number of nitrogens with zero attached hydrogens (tertiary/aromatic N) is 1. The van der Waals surface area contributed by atoms with Gasteiger partial charge in [-0.15, -0.1) is 11.3 Å². The van der Waals surface area contributed by atoms with Crippen molar-refractivity contribution in [2.75, 3.05) is 25.9 Å². The molecule has 1 aromatic carbocycles. The number of thiophene rings is 1. The summed E-state index contributed by atoms with van der Waals surface area (Å²) in [5.41, 5.74) is 15.9. The van der Waals surface area contributed by atoms with Gasteiger partial charge >= 0.3 is 0 Å². The Morgan fingerprint density at radius 3 is 2.26 bits per heavy atom. The smallest absolute Gasteiger partial charge is 0.274 e. The molecule has 0 unspecified atom stereocenters. The Labute approximate surface area is 196 Å². The van der Waals surface area contributed by atoms with Gasteiger partial charge in [-0.2, -0.15) is 0 Å². The predicted octanol–water partition coefficient (Wildman–Crippen LogP) is 3.59. The first-order valence-corrected chi connectivity index (χ1v) is 12.3. The highest BCUT2D eigenvalue weighted by atomic mass is 79.9. The highest BCUT2D eigenvalue weighted by Gasteiger charge is 2.23. The maximum atomic E-state index is 12.6. The topological polar surface area (TPSA) is 150 Å². The Morgan fingerprint density at radius 2 is 1.71 bits per heavy atom. The summed E-state index contributed by atoms with van der Waals surface area (Å²) in [4.78, 5) is 0. The van der Waals surface area contributed by atoms with Crippen molar-refractivity contribution in [1.82, 2.24) is 5.16 Å². The minimum Gasteiger partial charge on any atom is -0.336 e. The average molecular weight is 533 g/mol. The molecule has 7 N–H and O–H groups in total. The van der Waals surface area contributed by atoms with Crippen LogP contribution in [0.1, 0.15) is 16.8 Å². The fraction of sp³-hybridized carbons (Fsp3) is 0.250. The van der Waals surface area contributed by atoms with Crippen molar-refractivity contribution < 1.29 is 12.9 Å². The molecule has 31 heavy (non-hydrogen) atoms. The fourth-order valence-electron chi connectivity index (χ4n) is 2.19. The van der Waals surface area contributed by atoms with Crippen molar-refractivity contribution in [2.24, 2.45) is 17.2 Å². The first-order chi connectivity index (χ1) is 15.0. The van der Waals surface area contributed by atoms with Gasteiger partial charge in [-0.3, -0.25) is 0 Å². The van der Waals surface area contributed by atoms with E-state index in [0.717, 1.165) is 11.1 Å². The highest BCUT2D eigenvalue weighted by molar-refractivity contribution is 9.10. The van der Waals surface area contributed by atoms with Gasteiger partial charge < -0.3 is 21.7 Å². The van der Waals surface area contributed by atoms with Crippen LogP contribution in [0.15, 0.2) is 61.1 Å². The van der Waals surface area contributed by atoms with E-state index in [1.165, 1.54) is 32.5 Å². The number of rotatable bonds is 6. The number of aromatic nitrogens is 1. The molecule has 2 heterocycles. The van der Waals surface area contributed by atoms with Crippen LogP contribution < -0.4 is 21.9 Å². The molecule has 3 rings (SSSR count). The van der Waals surface area contributed by atoms with E-state index in [4.69, 9.17) is 4.52 Å². The molecule has 0 saturated carbocycles. The monoisotopic (exact) mass is 531 g/mol. The molecular weight excluding hydrogens is 502 g/mol. The third kappa shape index (κ3) is 8.93. The van der Waals surface area contributed by atoms with Gasteiger partial charge in [0.05, 0.1) is 5.69 Å². The Hall–Kier alpha value is -2.02. The van der Waals surface area contributed by atoms with Gasteiger partial charge in [0, 0.05) is 0 Å². The van der Waals surface area contributed by atoms with Crippen molar-refractivity contribution >= 4 is 49.3 Å². The summed E-state index contributed by atoms with van der Waals surface area (Å²) in [7, 11) is 0.766. The zero-order chi connectivity index (χ0) is 23.9. The number of hydrogen-bond acceptors (Lipinski definition) is 8. The Kier molecular flexibility index (Phi) is 14.7. The lowest BCUT2D eigenvalue weighted by Crippen LogP contribution is -2.13. The van der Waals surface area contributed by atoms with Crippen LogP contribution in [0.2, 0.25) is 0 Å². The number of halogens is 1. The number of hydrogen-bond donors (Lipinski definition) is 4. The molecule has 0 fully saturated rings. The summed E-state index contributed by atoms with van der Waals surface area (Å²) >= 11 is 4.43. The van der Waals surface area contributed by atoms with Crippen LogP contribution >= 0.6 is 27.3 Å². The van der Waals surface area contributed by atoms with Crippen LogP contribution in [-0.4, -0.2) is 34.7 Å². The quantitative estimate of drug-likeness (QED) is 0.379. The third-order valence-corrected chi connectivity index (χ3v) is 7.25. The van der Waals surface area contributed by atoms with Crippen molar-refractivity contribution in [3.8, 4) is 0 Å². The van der Waals surface area contributed by atoms with Gasteiger partial charge in [0.1, 0.15) is 8.68 Å². The first-order valence-electron chi connectivity index (χ1n) is 9.13. The SMILES string of the molecule is CN.CN.CN.Cc1noc(NS(=O)(=O)c2sccc2C/C=C/c2ccccc2)c1Br. The van der Waals surface area contributed by atoms with Gasteiger partial charge in [-0.1, -0.05) is 47.6 Å². The molecule has 0 atom stereocenters. The number of allylic oxidation sites excluding steroid dienone is 1. The third-order valence-electron chi connectivity index (χ3n) is 3.42. The maximum absolute atomic E-state index is 12.6. The van der Waals surface area contributed by atoms with E-state index in [1.807, 2.05) is 48.6 Å². The second-order valence-corrected chi connectivity index (χ2v) is 8.85. The zero-order valence-electron chi connectivity index (χ0n) is 18.0. The summed E-state index contributed by atoms with van der Waals surface area (Å²) in [5.74, 6) is 0.0803. The normalized spacial score (nSPS) is 10.2. The van der Waals surface area contributed by atoms with E-state index in [1.54, 1.807) is 12.3 Å². The molecule has 0 saturated heterocycles. The van der Waals surface area contributed by atoms with E-state index in [9.17, 15) is 8.42 Å². The summed E-state index contributed by atoms with van der Waals surface area (Å²) in [6.07, 6.45) is 4.44. The minimum atomic E-state index is -3.73. The molecule has 0 spiro atoms. The number of anilines is 1. The Balaban J connectivity index is 0.00000138. The van der Waals surface area contributed by atoms with E-state index >= 15 is 0 Å². The maximum Gasteiger partial charge on any atom is 0.274 e. The number of nitrogens with two attached hydrogens (primary N) is 3. The molecule has 3 aromatic rings. The molecule has 0 aliphatic heterocycles. The van der Waals surface area contributed by atoms with Gasteiger partial charge in [-0.05, 0) is 73.0 Å². The number of benzene rings is 1. The standard InChI is InChI=1S/C17H15BrN2O3S2.3CH5N/c1-12-15(18)16(23-19-12)20-25(21,22)17-14(10-11-24-17)9-5-8-13-6-3-2-4-7-13;3*1-2/h2-8,10-11,20H,9H2,1H3;3*2H2,1H3/b8-5+;;;. The van der Waals surface area contributed by atoms with Gasteiger partial charge in [0.25, 0.3) is 15.9 Å². The van der Waals surface area contributed by atoms with Gasteiger partial charge in [-0.25, -0.2) is 13.1 Å². The molecule has 0 aliphatic rings. The minimum absolute atomic E-state index is 0.0803. The molecule has 0 radical (unpaired) electrons. The van der Waals surface area contributed by atoms with Crippen LogP contribution in [-0.2, 0) is 16.4 Å². The van der Waals surface area contributed by atoms with Crippen LogP contribution in [0.4, 0.5) is 5.88 Å². The zero-order valence-corrected chi connectivity index (χ0v) is 21.2. The summed E-state index contributed by atoms with van der Waals surface area (Å²) < 4.78 is 33.5. The predicted molar refractivity (Wildman–Crippen MR) is 134 cm³/mol. The molecule has 2 aromatic heterocycles. The molecule has 0 aliphatic carbocycles. The molecule has 0 bridgehead atoms. The average Bonchev–Trinajstić information content (AvgIpc) is 3.41.